The molecule has 6 nitrogen and oxygen atoms in total. The van der Waals surface area contributed by atoms with Crippen LogP contribution in [0, 0.1) is 0 Å². The Morgan fingerprint density at radius 1 is 1.12 bits per heavy atom. The van der Waals surface area contributed by atoms with Crippen LogP contribution in [0.2, 0.25) is 0 Å². The van der Waals surface area contributed by atoms with E-state index in [1.165, 1.54) is 0 Å². The van der Waals surface area contributed by atoms with E-state index in [1.807, 2.05) is 30.3 Å². The summed E-state index contributed by atoms with van der Waals surface area (Å²) in [5, 5.41) is 2.89. The summed E-state index contributed by atoms with van der Waals surface area (Å²) < 4.78 is 10.8. The van der Waals surface area contributed by atoms with Gasteiger partial charge in [0.15, 0.2) is 11.5 Å². The minimum atomic E-state index is -0.171. The Kier molecular flexibility index (Phi) is 4.01. The topological polar surface area (TPSA) is 67.9 Å². The lowest BCUT2D eigenvalue weighted by molar-refractivity contribution is -0.117. The largest absolute Gasteiger partial charge is 0.454 e. The number of fused-ring (bicyclic) bond motifs is 1. The second-order valence-corrected chi connectivity index (χ2v) is 6.03. The van der Waals surface area contributed by atoms with E-state index in [1.54, 1.807) is 17.0 Å². The third-order valence-corrected chi connectivity index (χ3v) is 4.43. The van der Waals surface area contributed by atoms with Gasteiger partial charge in [-0.3, -0.25) is 9.59 Å². The number of para-hydroxylation sites is 1. The highest BCUT2D eigenvalue weighted by Gasteiger charge is 2.22. The molecule has 0 radical (unpaired) electrons. The van der Waals surface area contributed by atoms with Crippen LogP contribution in [0.5, 0.6) is 11.5 Å². The van der Waals surface area contributed by atoms with Gasteiger partial charge in [0.25, 0.3) is 5.91 Å². The van der Waals surface area contributed by atoms with Crippen molar-refractivity contribution in [2.24, 2.45) is 0 Å². The Bertz CT molecular complexity index is 817. The maximum absolute atomic E-state index is 12.4. The molecule has 1 N–H and O–H groups in total. The number of nitrogens with zero attached hydrogens (tertiary/aromatic N) is 1. The number of hydrogen-bond acceptors (Lipinski definition) is 4. The molecule has 0 atom stereocenters. The van der Waals surface area contributed by atoms with Gasteiger partial charge in [-0.25, -0.2) is 0 Å². The first-order chi connectivity index (χ1) is 12.2. The van der Waals surface area contributed by atoms with Gasteiger partial charge in [0.1, 0.15) is 0 Å². The van der Waals surface area contributed by atoms with Gasteiger partial charge in [0.05, 0.1) is 0 Å². The molecule has 2 amide bonds. The zero-order valence-corrected chi connectivity index (χ0v) is 13.7. The van der Waals surface area contributed by atoms with Crippen molar-refractivity contribution in [1.82, 2.24) is 5.32 Å². The fraction of sp³-hybridized carbons (Fsp3) is 0.263. The van der Waals surface area contributed by atoms with E-state index in [0.717, 1.165) is 24.2 Å². The Morgan fingerprint density at radius 2 is 1.96 bits per heavy atom. The van der Waals surface area contributed by atoms with Gasteiger partial charge in [-0.05, 0) is 36.8 Å². The molecule has 0 aliphatic carbocycles. The maximum atomic E-state index is 12.4. The molecule has 1 saturated heterocycles. The first-order valence-electron chi connectivity index (χ1n) is 8.28. The molecule has 0 spiro atoms. The molecule has 128 valence electrons. The van der Waals surface area contributed by atoms with Crippen LogP contribution in [0.25, 0.3) is 0 Å². The van der Waals surface area contributed by atoms with E-state index in [-0.39, 0.29) is 18.6 Å². The lowest BCUT2D eigenvalue weighted by Crippen LogP contribution is -2.25. The van der Waals surface area contributed by atoms with Gasteiger partial charge < -0.3 is 19.7 Å². The molecule has 2 aliphatic rings. The van der Waals surface area contributed by atoms with Crippen molar-refractivity contribution < 1.29 is 19.1 Å². The number of rotatable bonds is 4. The highest BCUT2D eigenvalue weighted by molar-refractivity contribution is 5.97. The molecule has 2 aromatic rings. The molecule has 0 saturated carbocycles. The smallest absolute Gasteiger partial charge is 0.251 e. The Hall–Kier alpha value is -3.02. The first-order valence-corrected chi connectivity index (χ1v) is 8.28. The molecule has 1 fully saturated rings. The summed E-state index contributed by atoms with van der Waals surface area (Å²) in [6, 6.07) is 12.7. The minimum Gasteiger partial charge on any atom is -0.454 e. The third kappa shape index (κ3) is 3.03. The predicted molar refractivity (Wildman–Crippen MR) is 91.8 cm³/mol. The zero-order valence-electron chi connectivity index (χ0n) is 13.7. The van der Waals surface area contributed by atoms with Crippen LogP contribution in [0.1, 0.15) is 28.8 Å². The molecule has 2 aliphatic heterocycles. The van der Waals surface area contributed by atoms with E-state index in [4.69, 9.17) is 9.47 Å². The van der Waals surface area contributed by atoms with E-state index in [9.17, 15) is 9.59 Å². The van der Waals surface area contributed by atoms with E-state index < -0.39 is 0 Å². The summed E-state index contributed by atoms with van der Waals surface area (Å²) in [7, 11) is 0. The monoisotopic (exact) mass is 338 g/mol. The van der Waals surface area contributed by atoms with Crippen LogP contribution in [0.15, 0.2) is 42.5 Å². The van der Waals surface area contributed by atoms with Gasteiger partial charge in [-0.1, -0.05) is 12.1 Å². The van der Waals surface area contributed by atoms with Gasteiger partial charge in [-0.2, -0.15) is 0 Å². The summed E-state index contributed by atoms with van der Waals surface area (Å²) in [4.78, 5) is 25.9. The van der Waals surface area contributed by atoms with Crippen molar-refractivity contribution in [3.63, 3.8) is 0 Å². The van der Waals surface area contributed by atoms with E-state index in [2.05, 4.69) is 5.32 Å². The first kappa shape index (κ1) is 15.5. The van der Waals surface area contributed by atoms with Gasteiger partial charge in [-0.15, -0.1) is 0 Å². The van der Waals surface area contributed by atoms with Crippen LogP contribution >= 0.6 is 0 Å². The standard InChI is InChI=1S/C19H18N2O4/c22-17-5-2-10-21(17)15-8-6-13(7-9-15)19(23)20-11-14-3-1-4-16-18(14)25-12-24-16/h1,3-4,6-9H,2,5,10-12H2,(H,20,23). The van der Waals surface area contributed by atoms with Crippen molar-refractivity contribution in [3.05, 3.63) is 53.6 Å². The highest BCUT2D eigenvalue weighted by atomic mass is 16.7. The Morgan fingerprint density at radius 3 is 2.72 bits per heavy atom. The number of anilines is 1. The normalized spacial score (nSPS) is 15.5. The van der Waals surface area contributed by atoms with Gasteiger partial charge >= 0.3 is 0 Å². The number of nitrogens with one attached hydrogen (secondary N) is 1. The molecular weight excluding hydrogens is 320 g/mol. The number of benzene rings is 2. The second-order valence-electron chi connectivity index (χ2n) is 6.03. The van der Waals surface area contributed by atoms with Crippen LogP contribution in [-0.2, 0) is 11.3 Å². The van der Waals surface area contributed by atoms with Crippen molar-refractivity contribution >= 4 is 17.5 Å². The summed E-state index contributed by atoms with van der Waals surface area (Å²) >= 11 is 0. The molecule has 0 bridgehead atoms. The summed E-state index contributed by atoms with van der Waals surface area (Å²) in [5.41, 5.74) is 2.27. The number of hydrogen-bond donors (Lipinski definition) is 1. The Balaban J connectivity index is 1.42. The molecule has 2 aromatic carbocycles. The maximum Gasteiger partial charge on any atom is 0.251 e. The van der Waals surface area contributed by atoms with Gasteiger partial charge in [0, 0.05) is 36.3 Å². The Labute approximate surface area is 145 Å². The number of carbonyl (C=O) groups excluding carboxylic acids is 2. The average molecular weight is 338 g/mol. The minimum absolute atomic E-state index is 0.136. The lowest BCUT2D eigenvalue weighted by atomic mass is 10.1. The second kappa shape index (κ2) is 6.47. The molecule has 25 heavy (non-hydrogen) atoms. The van der Waals surface area contributed by atoms with E-state index in [0.29, 0.717) is 30.0 Å². The summed E-state index contributed by atoms with van der Waals surface area (Å²) in [6.45, 7) is 1.31. The SMILES string of the molecule is O=C(NCc1cccc2c1OCO2)c1ccc(N2CCCC2=O)cc1. The highest BCUT2D eigenvalue weighted by Crippen LogP contribution is 2.35. The number of amides is 2. The molecule has 6 heteroatoms. The average Bonchev–Trinajstić information content (AvgIpc) is 3.28. The van der Waals surface area contributed by atoms with Crippen molar-refractivity contribution in [2.75, 3.05) is 18.2 Å². The zero-order chi connectivity index (χ0) is 17.2. The van der Waals surface area contributed by atoms with E-state index >= 15 is 0 Å². The number of ether oxygens (including phenoxy) is 2. The lowest BCUT2D eigenvalue weighted by Gasteiger charge is -2.16. The molecule has 2 heterocycles. The third-order valence-electron chi connectivity index (χ3n) is 4.43. The van der Waals surface area contributed by atoms with Crippen LogP contribution in [0.3, 0.4) is 0 Å². The molecule has 4 rings (SSSR count). The van der Waals surface area contributed by atoms with Crippen molar-refractivity contribution in [2.45, 2.75) is 19.4 Å². The van der Waals surface area contributed by atoms with Gasteiger partial charge in [0.2, 0.25) is 12.7 Å². The van der Waals surface area contributed by atoms with Crippen molar-refractivity contribution in [1.29, 1.82) is 0 Å². The molecule has 0 aromatic heterocycles. The molecular formula is C19H18N2O4. The fourth-order valence-electron chi connectivity index (χ4n) is 3.12. The quantitative estimate of drug-likeness (QED) is 0.930. The summed E-state index contributed by atoms with van der Waals surface area (Å²) in [6.07, 6.45) is 1.48. The summed E-state index contributed by atoms with van der Waals surface area (Å²) in [5.74, 6) is 1.35. The van der Waals surface area contributed by atoms with Crippen LogP contribution < -0.4 is 19.7 Å². The fourth-order valence-corrected chi connectivity index (χ4v) is 3.12. The predicted octanol–water partition coefficient (Wildman–Crippen LogP) is 2.47. The van der Waals surface area contributed by atoms with Crippen molar-refractivity contribution in [3.8, 4) is 11.5 Å². The van der Waals surface area contributed by atoms with Crippen LogP contribution in [0.4, 0.5) is 5.69 Å². The van der Waals surface area contributed by atoms with Crippen LogP contribution in [-0.4, -0.2) is 25.2 Å². The molecule has 0 unspecified atom stereocenters. The number of carbonyl (C=O) groups is 2.